The van der Waals surface area contributed by atoms with Crippen LogP contribution in [0.2, 0.25) is 0 Å². The van der Waals surface area contributed by atoms with Crippen molar-refractivity contribution in [2.24, 2.45) is 0 Å². The van der Waals surface area contributed by atoms with E-state index in [1.165, 1.54) is 0 Å². The maximum Gasteiger partial charge on any atom is 0.161 e. The van der Waals surface area contributed by atoms with Crippen molar-refractivity contribution in [3.05, 3.63) is 54.1 Å². The van der Waals surface area contributed by atoms with Crippen molar-refractivity contribution in [1.82, 2.24) is 0 Å². The van der Waals surface area contributed by atoms with Gasteiger partial charge in [-0.1, -0.05) is 24.3 Å². The molecule has 0 heterocycles. The highest BCUT2D eigenvalue weighted by molar-refractivity contribution is 5.90. The normalized spacial score (nSPS) is 10.7. The average Bonchev–Trinajstić information content (AvgIpc) is 2.66. The molecule has 0 unspecified atom stereocenters. The summed E-state index contributed by atoms with van der Waals surface area (Å²) in [6.45, 7) is 0.526. The van der Waals surface area contributed by atoms with E-state index >= 15 is 0 Å². The summed E-state index contributed by atoms with van der Waals surface area (Å²) >= 11 is 0. The number of rotatable bonds is 6. The van der Waals surface area contributed by atoms with Crippen molar-refractivity contribution in [3.63, 3.8) is 0 Å². The molecule has 0 aliphatic rings. The molecule has 0 fully saturated rings. The first kappa shape index (κ1) is 17.1. The van der Waals surface area contributed by atoms with Crippen LogP contribution < -0.4 is 14.2 Å². The van der Waals surface area contributed by atoms with Gasteiger partial charge in [0.05, 0.1) is 27.9 Å². The van der Waals surface area contributed by atoms with Gasteiger partial charge >= 0.3 is 0 Å². The lowest BCUT2D eigenvalue weighted by molar-refractivity contribution is 0.181. The van der Waals surface area contributed by atoms with Crippen molar-refractivity contribution in [2.75, 3.05) is 28.4 Å². The zero-order valence-electron chi connectivity index (χ0n) is 15.0. The fourth-order valence-electron chi connectivity index (χ4n) is 2.95. The second kappa shape index (κ2) is 7.45. The van der Waals surface area contributed by atoms with Crippen molar-refractivity contribution in [2.45, 2.75) is 6.61 Å². The average molecular weight is 338 g/mol. The van der Waals surface area contributed by atoms with Crippen LogP contribution in [0, 0.1) is 0 Å². The summed E-state index contributed by atoms with van der Waals surface area (Å²) in [4.78, 5) is 0. The second-order valence-electron chi connectivity index (χ2n) is 5.73. The van der Waals surface area contributed by atoms with Gasteiger partial charge in [0, 0.05) is 12.7 Å². The highest BCUT2D eigenvalue weighted by Gasteiger charge is 2.09. The Morgan fingerprint density at radius 3 is 1.84 bits per heavy atom. The van der Waals surface area contributed by atoms with Gasteiger partial charge in [-0.05, 0) is 46.2 Å². The number of benzene rings is 3. The van der Waals surface area contributed by atoms with Crippen LogP contribution in [0.1, 0.15) is 5.56 Å². The Kier molecular flexibility index (Phi) is 5.10. The Morgan fingerprint density at radius 1 is 0.600 bits per heavy atom. The highest BCUT2D eigenvalue weighted by Crippen LogP contribution is 2.35. The fourth-order valence-corrected chi connectivity index (χ4v) is 2.95. The molecule has 4 heteroatoms. The Balaban J connectivity index is 2.06. The minimum absolute atomic E-state index is 0.526. The van der Waals surface area contributed by atoms with Gasteiger partial charge in [0.15, 0.2) is 11.5 Å². The SMILES string of the molecule is COCc1ccc(-c2ccc3cc(OC)c(OC)cc3c2)cc1OC. The Bertz CT molecular complexity index is 886. The highest BCUT2D eigenvalue weighted by atomic mass is 16.5. The third-order valence-electron chi connectivity index (χ3n) is 4.26. The molecule has 0 saturated carbocycles. The molecular weight excluding hydrogens is 316 g/mol. The van der Waals surface area contributed by atoms with Gasteiger partial charge in [-0.25, -0.2) is 0 Å². The predicted molar refractivity (Wildman–Crippen MR) is 99.8 cm³/mol. The molecule has 0 N–H and O–H groups in total. The first-order chi connectivity index (χ1) is 12.2. The van der Waals surface area contributed by atoms with Crippen LogP contribution in [0.25, 0.3) is 21.9 Å². The van der Waals surface area contributed by atoms with Gasteiger partial charge < -0.3 is 18.9 Å². The molecule has 0 bridgehead atoms. The van der Waals surface area contributed by atoms with E-state index in [4.69, 9.17) is 18.9 Å². The molecule has 4 nitrogen and oxygen atoms in total. The standard InChI is InChI=1S/C21H22O4/c1-22-13-17-8-7-15(10-19(17)23-2)14-5-6-16-11-20(24-3)21(25-4)12-18(16)9-14/h5-12H,13H2,1-4H3. The van der Waals surface area contributed by atoms with Crippen LogP contribution in [0.15, 0.2) is 48.5 Å². The van der Waals surface area contributed by atoms with E-state index < -0.39 is 0 Å². The maximum atomic E-state index is 5.50. The minimum atomic E-state index is 0.526. The summed E-state index contributed by atoms with van der Waals surface area (Å²) in [7, 11) is 6.65. The van der Waals surface area contributed by atoms with Crippen LogP contribution in [0.3, 0.4) is 0 Å². The van der Waals surface area contributed by atoms with Crippen LogP contribution in [0.5, 0.6) is 17.2 Å². The molecule has 0 aliphatic carbocycles. The number of hydrogen-bond acceptors (Lipinski definition) is 4. The molecule has 0 aliphatic heterocycles. The summed E-state index contributed by atoms with van der Waals surface area (Å²) in [5.74, 6) is 2.28. The molecule has 0 saturated heterocycles. The minimum Gasteiger partial charge on any atom is -0.496 e. The Labute approximate surface area is 147 Å². The van der Waals surface area contributed by atoms with E-state index in [2.05, 4.69) is 24.3 Å². The van der Waals surface area contributed by atoms with E-state index in [0.29, 0.717) is 6.61 Å². The van der Waals surface area contributed by atoms with Gasteiger partial charge in [-0.3, -0.25) is 0 Å². The van der Waals surface area contributed by atoms with E-state index in [1.807, 2.05) is 24.3 Å². The maximum absolute atomic E-state index is 5.50. The van der Waals surface area contributed by atoms with Gasteiger partial charge in [0.25, 0.3) is 0 Å². The van der Waals surface area contributed by atoms with Crippen LogP contribution >= 0.6 is 0 Å². The fraction of sp³-hybridized carbons (Fsp3) is 0.238. The van der Waals surface area contributed by atoms with Crippen molar-refractivity contribution >= 4 is 10.8 Å². The van der Waals surface area contributed by atoms with Crippen LogP contribution in [-0.2, 0) is 11.3 Å². The van der Waals surface area contributed by atoms with Crippen molar-refractivity contribution in [3.8, 4) is 28.4 Å². The summed E-state index contributed by atoms with van der Waals surface area (Å²) in [5, 5.41) is 2.19. The van der Waals surface area contributed by atoms with E-state index in [9.17, 15) is 0 Å². The number of hydrogen-bond donors (Lipinski definition) is 0. The quantitative estimate of drug-likeness (QED) is 0.654. The third-order valence-corrected chi connectivity index (χ3v) is 4.26. The first-order valence-corrected chi connectivity index (χ1v) is 8.02. The van der Waals surface area contributed by atoms with Crippen molar-refractivity contribution in [1.29, 1.82) is 0 Å². The van der Waals surface area contributed by atoms with Crippen molar-refractivity contribution < 1.29 is 18.9 Å². The summed E-state index contributed by atoms with van der Waals surface area (Å²) < 4.78 is 21.5. The molecular formula is C21H22O4. The number of methoxy groups -OCH3 is 4. The smallest absolute Gasteiger partial charge is 0.161 e. The van der Waals surface area contributed by atoms with Gasteiger partial charge in [0.2, 0.25) is 0 Å². The lowest BCUT2D eigenvalue weighted by Gasteiger charge is -2.12. The third kappa shape index (κ3) is 3.39. The molecule has 0 atom stereocenters. The second-order valence-corrected chi connectivity index (χ2v) is 5.73. The molecule has 25 heavy (non-hydrogen) atoms. The Hall–Kier alpha value is -2.72. The molecule has 3 rings (SSSR count). The largest absolute Gasteiger partial charge is 0.496 e. The monoisotopic (exact) mass is 338 g/mol. The zero-order valence-corrected chi connectivity index (χ0v) is 15.0. The van der Waals surface area contributed by atoms with Gasteiger partial charge in [-0.2, -0.15) is 0 Å². The molecule has 0 aromatic heterocycles. The summed E-state index contributed by atoms with van der Waals surface area (Å²) in [6.07, 6.45) is 0. The van der Waals surface area contributed by atoms with Crippen LogP contribution in [0.4, 0.5) is 0 Å². The first-order valence-electron chi connectivity index (χ1n) is 8.02. The number of ether oxygens (including phenoxy) is 4. The molecule has 0 amide bonds. The zero-order chi connectivity index (χ0) is 17.8. The topological polar surface area (TPSA) is 36.9 Å². The predicted octanol–water partition coefficient (Wildman–Crippen LogP) is 4.68. The Morgan fingerprint density at radius 2 is 1.20 bits per heavy atom. The lowest BCUT2D eigenvalue weighted by Crippen LogP contribution is -1.94. The van der Waals surface area contributed by atoms with Crippen LogP contribution in [-0.4, -0.2) is 28.4 Å². The van der Waals surface area contributed by atoms with Gasteiger partial charge in [-0.15, -0.1) is 0 Å². The summed E-state index contributed by atoms with van der Waals surface area (Å²) in [6, 6.07) is 16.5. The molecule has 0 radical (unpaired) electrons. The lowest BCUT2D eigenvalue weighted by atomic mass is 9.99. The molecule has 0 spiro atoms. The van der Waals surface area contributed by atoms with E-state index in [1.54, 1.807) is 28.4 Å². The number of fused-ring (bicyclic) bond motifs is 1. The molecule has 130 valence electrons. The van der Waals surface area contributed by atoms with Gasteiger partial charge in [0.1, 0.15) is 5.75 Å². The van der Waals surface area contributed by atoms with E-state index in [0.717, 1.165) is 44.7 Å². The molecule has 3 aromatic carbocycles. The van der Waals surface area contributed by atoms with E-state index in [-0.39, 0.29) is 0 Å². The summed E-state index contributed by atoms with van der Waals surface area (Å²) in [5.41, 5.74) is 3.23. The molecule has 3 aromatic rings.